The Labute approximate surface area is 195 Å². The van der Waals surface area contributed by atoms with Crippen molar-refractivity contribution in [3.8, 4) is 0 Å². The number of fused-ring (bicyclic) bond motifs is 1. The molecule has 7 heteroatoms. The van der Waals surface area contributed by atoms with E-state index in [0.29, 0.717) is 27.0 Å². The summed E-state index contributed by atoms with van der Waals surface area (Å²) in [6.07, 6.45) is 1.47. The Balaban J connectivity index is 1.70. The lowest BCUT2D eigenvalue weighted by Gasteiger charge is -2.18. The van der Waals surface area contributed by atoms with Gasteiger partial charge in [0.1, 0.15) is 11.5 Å². The van der Waals surface area contributed by atoms with Gasteiger partial charge in [-0.05, 0) is 42.5 Å². The number of rotatable bonds is 3. The van der Waals surface area contributed by atoms with Crippen molar-refractivity contribution in [2.45, 2.75) is 0 Å². The molecule has 0 bridgehead atoms. The third-order valence-electron chi connectivity index (χ3n) is 4.88. The molecule has 5 rings (SSSR count). The van der Waals surface area contributed by atoms with E-state index in [-0.39, 0.29) is 11.6 Å². The Hall–Kier alpha value is -2.80. The highest BCUT2D eigenvalue weighted by Gasteiger charge is 2.35. The molecule has 0 atom stereocenters. The molecule has 0 radical (unpaired) electrons. The number of anilines is 1. The van der Waals surface area contributed by atoms with Gasteiger partial charge in [-0.3, -0.25) is 9.69 Å². The van der Waals surface area contributed by atoms with E-state index in [0.717, 1.165) is 14.6 Å². The minimum Gasteiger partial charge on any atom is -0.266 e. The van der Waals surface area contributed by atoms with Crippen LogP contribution in [-0.4, -0.2) is 11.7 Å². The van der Waals surface area contributed by atoms with E-state index < -0.39 is 5.82 Å². The van der Waals surface area contributed by atoms with Crippen LogP contribution in [0.2, 0.25) is 5.02 Å². The maximum absolute atomic E-state index is 14.2. The second kappa shape index (κ2) is 8.04. The largest absolute Gasteiger partial charge is 0.282 e. The molecule has 0 saturated heterocycles. The summed E-state index contributed by atoms with van der Waals surface area (Å²) in [5, 5.41) is 1.45. The minimum absolute atomic E-state index is 0.150. The number of carbonyl (C=O) groups is 1. The maximum atomic E-state index is 14.2. The Morgan fingerprint density at radius 1 is 1.00 bits per heavy atom. The lowest BCUT2D eigenvalue weighted by molar-refractivity contribution is -0.113. The molecule has 1 amide bonds. The van der Waals surface area contributed by atoms with Gasteiger partial charge in [0.25, 0.3) is 5.91 Å². The fraction of sp³-hybridized carbons (Fsp3) is 0. The first-order valence-corrected chi connectivity index (χ1v) is 11.3. The molecule has 0 unspecified atom stereocenters. The van der Waals surface area contributed by atoms with E-state index in [9.17, 15) is 9.18 Å². The van der Waals surface area contributed by atoms with Gasteiger partial charge in [-0.1, -0.05) is 63.9 Å². The normalized spacial score (nSPS) is 15.2. The molecular weight excluding hydrogens is 499 g/mol. The summed E-state index contributed by atoms with van der Waals surface area (Å²) in [6, 6.07) is 21.4. The molecular formula is C24H13BrClFN2OS. The molecule has 31 heavy (non-hydrogen) atoms. The Kier molecular flexibility index (Phi) is 5.22. The number of benzene rings is 3. The second-order valence-electron chi connectivity index (χ2n) is 6.84. The molecule has 0 aliphatic carbocycles. The molecule has 4 aromatic rings. The zero-order valence-electron chi connectivity index (χ0n) is 15.9. The fourth-order valence-electron chi connectivity index (χ4n) is 3.40. The highest BCUT2D eigenvalue weighted by atomic mass is 79.9. The van der Waals surface area contributed by atoms with Gasteiger partial charge in [0.2, 0.25) is 0 Å². The predicted octanol–water partition coefficient (Wildman–Crippen LogP) is 7.29. The molecule has 1 aliphatic heterocycles. The number of halogens is 3. The summed E-state index contributed by atoms with van der Waals surface area (Å²) in [5.74, 6) is -0.322. The number of carbonyl (C=O) groups excluding carboxylic acids is 1. The van der Waals surface area contributed by atoms with Crippen LogP contribution < -0.4 is 4.90 Å². The molecule has 0 N–H and O–H groups in total. The van der Waals surface area contributed by atoms with E-state index in [1.54, 1.807) is 18.2 Å². The highest BCUT2D eigenvalue weighted by molar-refractivity contribution is 9.10. The van der Waals surface area contributed by atoms with Crippen LogP contribution in [0.25, 0.3) is 16.2 Å². The third-order valence-corrected chi connectivity index (χ3v) is 7.08. The van der Waals surface area contributed by atoms with Crippen LogP contribution in [0, 0.1) is 5.82 Å². The molecule has 0 spiro atoms. The zero-order chi connectivity index (χ0) is 21.5. The van der Waals surface area contributed by atoms with Crippen molar-refractivity contribution in [3.63, 3.8) is 0 Å². The number of nitrogens with zero attached hydrogens (tertiary/aromatic N) is 2. The lowest BCUT2D eigenvalue weighted by Crippen LogP contribution is -2.32. The highest BCUT2D eigenvalue weighted by Crippen LogP contribution is 2.39. The Morgan fingerprint density at radius 3 is 2.45 bits per heavy atom. The van der Waals surface area contributed by atoms with Gasteiger partial charge in [0.05, 0.1) is 15.6 Å². The standard InChI is InChI=1S/C24H13BrClFN2OS/c25-15-9-11-16(12-10-15)29-23(22-21(26)17-6-2-4-8-20(17)31-22)28-19(24(29)30)13-14-5-1-3-7-18(14)27/h1-13H/b19-13+. The fourth-order valence-corrected chi connectivity index (χ4v) is 5.16. The van der Waals surface area contributed by atoms with Crippen molar-refractivity contribution < 1.29 is 9.18 Å². The Bertz CT molecular complexity index is 1390. The second-order valence-corrected chi connectivity index (χ2v) is 9.19. The van der Waals surface area contributed by atoms with E-state index in [4.69, 9.17) is 11.6 Å². The SMILES string of the molecule is O=C1/C(=C\c2ccccc2F)N=C(c2sc3ccccc3c2Cl)N1c1ccc(Br)cc1. The van der Waals surface area contributed by atoms with Gasteiger partial charge in [-0.15, -0.1) is 11.3 Å². The van der Waals surface area contributed by atoms with E-state index in [1.165, 1.54) is 28.4 Å². The van der Waals surface area contributed by atoms with Gasteiger partial charge in [0, 0.05) is 20.1 Å². The van der Waals surface area contributed by atoms with Crippen LogP contribution in [0.4, 0.5) is 10.1 Å². The molecule has 0 saturated carbocycles. The molecule has 3 nitrogen and oxygen atoms in total. The van der Waals surface area contributed by atoms with Gasteiger partial charge in [0.15, 0.2) is 5.84 Å². The number of aliphatic imine (C=N–C) groups is 1. The smallest absolute Gasteiger partial charge is 0.266 e. The van der Waals surface area contributed by atoms with Crippen molar-refractivity contribution in [2.24, 2.45) is 4.99 Å². The summed E-state index contributed by atoms with van der Waals surface area (Å²) >= 11 is 11.6. The van der Waals surface area contributed by atoms with E-state index in [2.05, 4.69) is 20.9 Å². The van der Waals surface area contributed by atoms with Crippen molar-refractivity contribution in [3.05, 3.63) is 104 Å². The number of thiophene rings is 1. The molecule has 1 aromatic heterocycles. The summed E-state index contributed by atoms with van der Waals surface area (Å²) in [5.41, 5.74) is 1.10. The third kappa shape index (κ3) is 3.61. The topological polar surface area (TPSA) is 32.7 Å². The first-order chi connectivity index (χ1) is 15.0. The van der Waals surface area contributed by atoms with Crippen LogP contribution in [0.5, 0.6) is 0 Å². The van der Waals surface area contributed by atoms with Gasteiger partial charge >= 0.3 is 0 Å². The Morgan fingerprint density at radius 2 is 1.71 bits per heavy atom. The lowest BCUT2D eigenvalue weighted by atomic mass is 10.1. The van der Waals surface area contributed by atoms with Crippen LogP contribution in [-0.2, 0) is 4.79 Å². The van der Waals surface area contributed by atoms with Crippen molar-refractivity contribution in [1.29, 1.82) is 0 Å². The molecule has 2 heterocycles. The average Bonchev–Trinajstić information content (AvgIpc) is 3.28. The summed E-state index contributed by atoms with van der Waals surface area (Å²) < 4.78 is 16.1. The quantitative estimate of drug-likeness (QED) is 0.266. The van der Waals surface area contributed by atoms with Gasteiger partial charge in [-0.25, -0.2) is 9.38 Å². The van der Waals surface area contributed by atoms with E-state index in [1.807, 2.05) is 48.5 Å². The number of hydrogen-bond donors (Lipinski definition) is 0. The zero-order valence-corrected chi connectivity index (χ0v) is 19.0. The summed E-state index contributed by atoms with van der Waals surface area (Å²) in [7, 11) is 0. The first kappa shape index (κ1) is 20.1. The maximum Gasteiger partial charge on any atom is 0.282 e. The van der Waals surface area contributed by atoms with Crippen LogP contribution in [0.1, 0.15) is 10.4 Å². The first-order valence-electron chi connectivity index (χ1n) is 9.35. The van der Waals surface area contributed by atoms with E-state index >= 15 is 0 Å². The van der Waals surface area contributed by atoms with Crippen molar-refractivity contribution >= 4 is 72.5 Å². The van der Waals surface area contributed by atoms with Crippen molar-refractivity contribution in [1.82, 2.24) is 0 Å². The summed E-state index contributed by atoms with van der Waals surface area (Å²) in [4.78, 5) is 20.2. The predicted molar refractivity (Wildman–Crippen MR) is 129 cm³/mol. The molecule has 0 fully saturated rings. The molecule has 3 aromatic carbocycles. The average molecular weight is 512 g/mol. The summed E-state index contributed by atoms with van der Waals surface area (Å²) in [6.45, 7) is 0. The monoisotopic (exact) mass is 510 g/mol. The molecule has 1 aliphatic rings. The number of hydrogen-bond acceptors (Lipinski definition) is 3. The van der Waals surface area contributed by atoms with Crippen LogP contribution in [0.3, 0.4) is 0 Å². The number of amides is 1. The van der Waals surface area contributed by atoms with Crippen molar-refractivity contribution in [2.75, 3.05) is 4.90 Å². The van der Waals surface area contributed by atoms with Gasteiger partial charge in [-0.2, -0.15) is 0 Å². The molecule has 152 valence electrons. The van der Waals surface area contributed by atoms with Gasteiger partial charge < -0.3 is 0 Å². The van der Waals surface area contributed by atoms with Crippen LogP contribution >= 0.6 is 38.9 Å². The number of amidine groups is 1. The minimum atomic E-state index is -0.415. The van der Waals surface area contributed by atoms with Crippen LogP contribution in [0.15, 0.2) is 88.0 Å².